The molecule has 0 unspecified atom stereocenters. The Morgan fingerprint density at radius 2 is 2.43 bits per heavy atom. The van der Waals surface area contributed by atoms with Crippen LogP contribution in [-0.2, 0) is 16.0 Å². The van der Waals surface area contributed by atoms with E-state index < -0.39 is 0 Å². The van der Waals surface area contributed by atoms with E-state index in [1.807, 2.05) is 0 Å². The van der Waals surface area contributed by atoms with Crippen LogP contribution in [0.15, 0.2) is 11.0 Å². The number of esters is 1. The van der Waals surface area contributed by atoms with Gasteiger partial charge in [0.25, 0.3) is 5.56 Å². The van der Waals surface area contributed by atoms with Gasteiger partial charge in [-0.15, -0.1) is 5.10 Å². The lowest BCUT2D eigenvalue weighted by molar-refractivity contribution is -0.143. The fourth-order valence-corrected chi connectivity index (χ4v) is 0.917. The lowest BCUT2D eigenvalue weighted by atomic mass is 10.3. The summed E-state index contributed by atoms with van der Waals surface area (Å²) in [6.07, 6.45) is 1.61. The molecule has 1 rings (SSSR count). The smallest absolute Gasteiger partial charge is 0.306 e. The Kier molecular flexibility index (Phi) is 3.78. The van der Waals surface area contributed by atoms with Gasteiger partial charge in [-0.25, -0.2) is 0 Å². The summed E-state index contributed by atoms with van der Waals surface area (Å²) in [6, 6.07) is 0. The van der Waals surface area contributed by atoms with Crippen LogP contribution in [0.4, 0.5) is 0 Å². The van der Waals surface area contributed by atoms with Crippen molar-refractivity contribution < 1.29 is 9.53 Å². The Bertz CT molecular complexity index is 361. The number of rotatable bonds is 4. The number of hydrogen-bond acceptors (Lipinski definition) is 5. The molecule has 0 radical (unpaired) electrons. The number of aromatic amines is 1. The Balaban J connectivity index is 2.46. The summed E-state index contributed by atoms with van der Waals surface area (Å²) in [6.45, 7) is 2.10. The molecule has 1 aromatic heterocycles. The number of aromatic nitrogens is 3. The molecule has 1 heterocycles. The van der Waals surface area contributed by atoms with E-state index in [-0.39, 0.29) is 17.9 Å². The summed E-state index contributed by atoms with van der Waals surface area (Å²) in [5.74, 6) is 0.0876. The molecule has 76 valence electrons. The van der Waals surface area contributed by atoms with Crippen LogP contribution in [0.3, 0.4) is 0 Å². The van der Waals surface area contributed by atoms with Crippen molar-refractivity contribution in [1.82, 2.24) is 15.2 Å². The van der Waals surface area contributed by atoms with Crippen molar-refractivity contribution in [3.8, 4) is 0 Å². The molecule has 14 heavy (non-hydrogen) atoms. The topological polar surface area (TPSA) is 84.9 Å². The molecule has 0 saturated heterocycles. The molecule has 0 saturated carbocycles. The van der Waals surface area contributed by atoms with Gasteiger partial charge in [-0.05, 0) is 6.92 Å². The van der Waals surface area contributed by atoms with Gasteiger partial charge in [0.15, 0.2) is 0 Å². The second-order valence-electron chi connectivity index (χ2n) is 2.59. The highest BCUT2D eigenvalue weighted by Crippen LogP contribution is 1.93. The maximum Gasteiger partial charge on any atom is 0.306 e. The number of nitrogens with zero attached hydrogens (tertiary/aromatic N) is 2. The molecule has 0 aliphatic heterocycles. The summed E-state index contributed by atoms with van der Waals surface area (Å²) in [4.78, 5) is 24.2. The van der Waals surface area contributed by atoms with E-state index in [1.165, 1.54) is 0 Å². The zero-order valence-corrected chi connectivity index (χ0v) is 7.82. The van der Waals surface area contributed by atoms with E-state index in [0.29, 0.717) is 18.9 Å². The van der Waals surface area contributed by atoms with E-state index in [2.05, 4.69) is 15.2 Å². The van der Waals surface area contributed by atoms with Crippen LogP contribution in [-0.4, -0.2) is 27.8 Å². The first-order chi connectivity index (χ1) is 6.72. The molecule has 1 N–H and O–H groups in total. The first kappa shape index (κ1) is 10.4. The number of aryl methyl sites for hydroxylation is 1. The highest BCUT2D eigenvalue weighted by molar-refractivity contribution is 5.69. The predicted octanol–water partition coefficient (Wildman–Crippen LogP) is -0.339. The van der Waals surface area contributed by atoms with Gasteiger partial charge in [-0.1, -0.05) is 0 Å². The molecule has 1 aromatic rings. The van der Waals surface area contributed by atoms with Crippen LogP contribution in [0.5, 0.6) is 0 Å². The van der Waals surface area contributed by atoms with Gasteiger partial charge >= 0.3 is 5.97 Å². The van der Waals surface area contributed by atoms with Gasteiger partial charge in [0.05, 0.1) is 13.0 Å². The number of carbonyl (C=O) groups is 1. The van der Waals surface area contributed by atoms with Crippen LogP contribution in [0.2, 0.25) is 0 Å². The lowest BCUT2D eigenvalue weighted by Crippen LogP contribution is -2.13. The van der Waals surface area contributed by atoms with Crippen LogP contribution in [0.25, 0.3) is 0 Å². The number of ether oxygens (including phenoxy) is 1. The van der Waals surface area contributed by atoms with Crippen LogP contribution >= 0.6 is 0 Å². The van der Waals surface area contributed by atoms with Gasteiger partial charge < -0.3 is 9.72 Å². The average Bonchev–Trinajstić information content (AvgIpc) is 2.15. The zero-order valence-electron chi connectivity index (χ0n) is 7.82. The maximum atomic E-state index is 10.9. The van der Waals surface area contributed by atoms with Crippen LogP contribution in [0.1, 0.15) is 19.2 Å². The molecule has 0 aliphatic rings. The first-order valence-corrected chi connectivity index (χ1v) is 4.29. The van der Waals surface area contributed by atoms with Crippen molar-refractivity contribution in [2.45, 2.75) is 19.8 Å². The van der Waals surface area contributed by atoms with Gasteiger partial charge in [-0.2, -0.15) is 5.10 Å². The Morgan fingerprint density at radius 3 is 3.07 bits per heavy atom. The normalized spacial score (nSPS) is 9.79. The minimum atomic E-state index is -0.321. The summed E-state index contributed by atoms with van der Waals surface area (Å²) >= 11 is 0. The average molecular weight is 197 g/mol. The fourth-order valence-electron chi connectivity index (χ4n) is 0.917. The van der Waals surface area contributed by atoms with E-state index in [1.54, 1.807) is 6.92 Å². The van der Waals surface area contributed by atoms with E-state index >= 15 is 0 Å². The standard InChI is InChI=1S/C8H11N3O3/c1-2-14-8(13)4-3-6-10-7(12)5-9-11-6/h5H,2-4H2,1H3,(H,10,11,12). The maximum absolute atomic E-state index is 10.9. The van der Waals surface area contributed by atoms with Crippen molar-refractivity contribution in [1.29, 1.82) is 0 Å². The second-order valence-corrected chi connectivity index (χ2v) is 2.59. The first-order valence-electron chi connectivity index (χ1n) is 4.29. The molecule has 6 nitrogen and oxygen atoms in total. The van der Waals surface area contributed by atoms with Gasteiger partial charge in [-0.3, -0.25) is 9.59 Å². The molecule has 0 amide bonds. The number of H-pyrrole nitrogens is 1. The SMILES string of the molecule is CCOC(=O)CCc1nncc(=O)[nH]1. The third kappa shape index (κ3) is 3.34. The van der Waals surface area contributed by atoms with Crippen molar-refractivity contribution in [3.63, 3.8) is 0 Å². The third-order valence-corrected chi connectivity index (χ3v) is 1.49. The molecule has 0 aromatic carbocycles. The van der Waals surface area contributed by atoms with E-state index in [0.717, 1.165) is 6.20 Å². The quantitative estimate of drug-likeness (QED) is 0.667. The Labute approximate surface area is 80.3 Å². The van der Waals surface area contributed by atoms with Gasteiger partial charge in [0.2, 0.25) is 0 Å². The molecular weight excluding hydrogens is 186 g/mol. The van der Waals surface area contributed by atoms with E-state index in [9.17, 15) is 9.59 Å². The largest absolute Gasteiger partial charge is 0.466 e. The highest BCUT2D eigenvalue weighted by Gasteiger charge is 2.03. The minimum Gasteiger partial charge on any atom is -0.466 e. The molecule has 0 bridgehead atoms. The van der Waals surface area contributed by atoms with Gasteiger partial charge in [0.1, 0.15) is 12.0 Å². The van der Waals surface area contributed by atoms with Crippen LogP contribution in [0, 0.1) is 0 Å². The van der Waals surface area contributed by atoms with Crippen molar-refractivity contribution in [3.05, 3.63) is 22.4 Å². The molecule has 0 fully saturated rings. The lowest BCUT2D eigenvalue weighted by Gasteiger charge is -1.99. The predicted molar refractivity (Wildman–Crippen MR) is 47.6 cm³/mol. The summed E-state index contributed by atoms with van der Waals surface area (Å²) in [5.41, 5.74) is -0.321. The molecular formula is C8H11N3O3. The molecule has 0 atom stereocenters. The number of hydrogen-bond donors (Lipinski definition) is 1. The highest BCUT2D eigenvalue weighted by atomic mass is 16.5. The molecule has 0 spiro atoms. The van der Waals surface area contributed by atoms with Crippen LogP contribution < -0.4 is 5.56 Å². The second kappa shape index (κ2) is 5.11. The van der Waals surface area contributed by atoms with E-state index in [4.69, 9.17) is 4.74 Å². The third-order valence-electron chi connectivity index (χ3n) is 1.49. The van der Waals surface area contributed by atoms with Crippen molar-refractivity contribution >= 4 is 5.97 Å². The minimum absolute atomic E-state index is 0.197. The number of nitrogens with one attached hydrogen (secondary N) is 1. The fraction of sp³-hybridized carbons (Fsp3) is 0.500. The van der Waals surface area contributed by atoms with Gasteiger partial charge in [0, 0.05) is 6.42 Å². The summed E-state index contributed by atoms with van der Waals surface area (Å²) < 4.78 is 4.71. The Morgan fingerprint density at radius 1 is 1.64 bits per heavy atom. The number of carbonyl (C=O) groups excluding carboxylic acids is 1. The van der Waals surface area contributed by atoms with Crippen molar-refractivity contribution in [2.24, 2.45) is 0 Å². The molecule has 0 aliphatic carbocycles. The zero-order chi connectivity index (χ0) is 10.4. The monoisotopic (exact) mass is 197 g/mol. The summed E-state index contributed by atoms with van der Waals surface area (Å²) in [5, 5.41) is 7.12. The van der Waals surface area contributed by atoms with Crippen molar-refractivity contribution in [2.75, 3.05) is 6.61 Å². The Hall–Kier alpha value is -1.72. The summed E-state index contributed by atoms with van der Waals surface area (Å²) in [7, 11) is 0. The molecule has 6 heteroatoms.